The Bertz CT molecular complexity index is 1040. The molecule has 0 spiro atoms. The molecule has 0 amide bonds. The van der Waals surface area contributed by atoms with Gasteiger partial charge in [-0.05, 0) is 43.2 Å². The molecule has 8 nitrogen and oxygen atoms in total. The van der Waals surface area contributed by atoms with E-state index < -0.39 is 16.1 Å². The summed E-state index contributed by atoms with van der Waals surface area (Å²) in [5, 5.41) is 10.4. The van der Waals surface area contributed by atoms with E-state index in [9.17, 15) is 13.5 Å². The van der Waals surface area contributed by atoms with Gasteiger partial charge in [-0.2, -0.15) is 4.31 Å². The number of ether oxygens (including phenoxy) is 3. The number of piperazine rings is 1. The molecule has 3 rings (SSSR count). The average Bonchev–Trinajstić information content (AvgIpc) is 2.79. The highest BCUT2D eigenvalue weighted by Gasteiger charge is 2.30. The molecule has 0 radical (unpaired) electrons. The van der Waals surface area contributed by atoms with Crippen LogP contribution in [0.5, 0.6) is 11.5 Å². The zero-order valence-electron chi connectivity index (χ0n) is 19.8. The maximum Gasteiger partial charge on any atom is 0.243 e. The number of hydrogen-bond donors (Lipinski definition) is 1. The van der Waals surface area contributed by atoms with Crippen LogP contribution >= 0.6 is 0 Å². The first kappa shape index (κ1) is 25.5. The predicted molar refractivity (Wildman–Crippen MR) is 126 cm³/mol. The standard InChI is InChI=1S/C24H34N2O6S/c1-18-5-8-24(19(2)13-18)33(28,29)26-11-9-25(10-12-26)15-21(27)17-32-16-20-6-7-22(30-3)23(14-20)31-4/h5-8,13-14,21,27H,9-12,15-17H2,1-4H3. The summed E-state index contributed by atoms with van der Waals surface area (Å²) in [5.41, 5.74) is 2.73. The maximum absolute atomic E-state index is 13.0. The van der Waals surface area contributed by atoms with E-state index in [1.165, 1.54) is 4.31 Å². The Morgan fingerprint density at radius 2 is 1.67 bits per heavy atom. The summed E-state index contributed by atoms with van der Waals surface area (Å²) >= 11 is 0. The van der Waals surface area contributed by atoms with Crippen LogP contribution in [0.4, 0.5) is 0 Å². The largest absolute Gasteiger partial charge is 0.493 e. The Morgan fingerprint density at radius 3 is 2.30 bits per heavy atom. The normalized spacial score (nSPS) is 16.5. The van der Waals surface area contributed by atoms with Crippen molar-refractivity contribution in [2.45, 2.75) is 31.5 Å². The molecule has 0 aromatic heterocycles. The fraction of sp³-hybridized carbons (Fsp3) is 0.500. The van der Waals surface area contributed by atoms with Gasteiger partial charge in [0.25, 0.3) is 0 Å². The van der Waals surface area contributed by atoms with Crippen molar-refractivity contribution in [1.29, 1.82) is 0 Å². The molecule has 0 saturated carbocycles. The first-order valence-corrected chi connectivity index (χ1v) is 12.4. The molecule has 1 atom stereocenters. The van der Waals surface area contributed by atoms with Crippen molar-refractivity contribution in [2.24, 2.45) is 0 Å². The minimum Gasteiger partial charge on any atom is -0.493 e. The topological polar surface area (TPSA) is 88.5 Å². The number of benzene rings is 2. The average molecular weight is 479 g/mol. The molecule has 1 unspecified atom stereocenters. The van der Waals surface area contributed by atoms with Crippen molar-refractivity contribution >= 4 is 10.0 Å². The number of sulfonamides is 1. The third kappa shape index (κ3) is 6.45. The molecule has 0 bridgehead atoms. The van der Waals surface area contributed by atoms with Crippen LogP contribution in [0.3, 0.4) is 0 Å². The summed E-state index contributed by atoms with van der Waals surface area (Å²) in [5.74, 6) is 1.28. The highest BCUT2D eigenvalue weighted by atomic mass is 32.2. The van der Waals surface area contributed by atoms with Gasteiger partial charge in [-0.3, -0.25) is 4.90 Å². The highest BCUT2D eigenvalue weighted by molar-refractivity contribution is 7.89. The fourth-order valence-corrected chi connectivity index (χ4v) is 5.64. The number of aliphatic hydroxyl groups excluding tert-OH is 1. The van der Waals surface area contributed by atoms with Gasteiger partial charge in [0.15, 0.2) is 11.5 Å². The molecule has 1 aliphatic heterocycles. The van der Waals surface area contributed by atoms with E-state index in [-0.39, 0.29) is 6.61 Å². The van der Waals surface area contributed by atoms with E-state index in [2.05, 4.69) is 4.90 Å². The lowest BCUT2D eigenvalue weighted by Gasteiger charge is -2.35. The number of hydrogen-bond acceptors (Lipinski definition) is 7. The molecular weight excluding hydrogens is 444 g/mol. The highest BCUT2D eigenvalue weighted by Crippen LogP contribution is 2.28. The number of aliphatic hydroxyl groups is 1. The Balaban J connectivity index is 1.45. The van der Waals surface area contributed by atoms with Gasteiger partial charge in [-0.1, -0.05) is 23.8 Å². The molecule has 33 heavy (non-hydrogen) atoms. The van der Waals surface area contributed by atoms with Crippen LogP contribution in [0.25, 0.3) is 0 Å². The molecule has 1 aliphatic rings. The van der Waals surface area contributed by atoms with Gasteiger partial charge in [0.05, 0.1) is 38.4 Å². The molecule has 1 saturated heterocycles. The number of rotatable bonds is 10. The lowest BCUT2D eigenvalue weighted by atomic mass is 10.2. The molecule has 2 aromatic rings. The fourth-order valence-electron chi connectivity index (χ4n) is 4.01. The minimum atomic E-state index is -3.52. The minimum absolute atomic E-state index is 0.190. The summed E-state index contributed by atoms with van der Waals surface area (Å²) in [6.07, 6.45) is -0.660. The third-order valence-corrected chi connectivity index (χ3v) is 7.83. The van der Waals surface area contributed by atoms with Crippen molar-refractivity contribution in [2.75, 3.05) is 53.6 Å². The monoisotopic (exact) mass is 478 g/mol. The van der Waals surface area contributed by atoms with Gasteiger partial charge in [-0.25, -0.2) is 8.42 Å². The van der Waals surface area contributed by atoms with Crippen LogP contribution in [0.15, 0.2) is 41.3 Å². The lowest BCUT2D eigenvalue weighted by molar-refractivity contribution is 0.00534. The van der Waals surface area contributed by atoms with Gasteiger partial charge >= 0.3 is 0 Å². The second kappa shape index (κ2) is 11.3. The maximum atomic E-state index is 13.0. The first-order chi connectivity index (χ1) is 15.7. The second-order valence-corrected chi connectivity index (χ2v) is 10.2. The van der Waals surface area contributed by atoms with Gasteiger partial charge in [0.2, 0.25) is 10.0 Å². The van der Waals surface area contributed by atoms with Gasteiger partial charge in [-0.15, -0.1) is 0 Å². The van der Waals surface area contributed by atoms with Crippen molar-refractivity contribution in [3.05, 3.63) is 53.1 Å². The third-order valence-electron chi connectivity index (χ3n) is 5.78. The number of methoxy groups -OCH3 is 2. The smallest absolute Gasteiger partial charge is 0.243 e. The summed E-state index contributed by atoms with van der Waals surface area (Å²) in [4.78, 5) is 2.43. The van der Waals surface area contributed by atoms with E-state index >= 15 is 0 Å². The van der Waals surface area contributed by atoms with Crippen LogP contribution in [0.2, 0.25) is 0 Å². The zero-order valence-corrected chi connectivity index (χ0v) is 20.6. The summed E-state index contributed by atoms with van der Waals surface area (Å²) in [6.45, 7) is 6.68. The predicted octanol–water partition coefficient (Wildman–Crippen LogP) is 2.20. The molecule has 1 heterocycles. The lowest BCUT2D eigenvalue weighted by Crippen LogP contribution is -2.50. The number of aryl methyl sites for hydroxylation is 2. The second-order valence-electron chi connectivity index (χ2n) is 8.33. The van der Waals surface area contributed by atoms with Crippen LogP contribution < -0.4 is 9.47 Å². The first-order valence-electron chi connectivity index (χ1n) is 11.0. The van der Waals surface area contributed by atoms with Crippen LogP contribution in [-0.4, -0.2) is 82.4 Å². The van der Waals surface area contributed by atoms with E-state index in [0.717, 1.165) is 16.7 Å². The molecular formula is C24H34N2O6S. The Kier molecular flexibility index (Phi) is 8.72. The van der Waals surface area contributed by atoms with Gasteiger partial charge < -0.3 is 19.3 Å². The quantitative estimate of drug-likeness (QED) is 0.560. The molecule has 1 N–H and O–H groups in total. The van der Waals surface area contributed by atoms with E-state index in [1.807, 2.05) is 44.2 Å². The van der Waals surface area contributed by atoms with Crippen LogP contribution in [0, 0.1) is 13.8 Å². The zero-order chi connectivity index (χ0) is 24.0. The van der Waals surface area contributed by atoms with Crippen LogP contribution in [-0.2, 0) is 21.4 Å². The van der Waals surface area contributed by atoms with Crippen molar-refractivity contribution in [3.63, 3.8) is 0 Å². The number of β-amino-alcohol motifs (C(OH)–C–C–N with tert-alkyl or cyclic N) is 1. The van der Waals surface area contributed by atoms with E-state index in [0.29, 0.717) is 55.7 Å². The summed E-state index contributed by atoms with van der Waals surface area (Å²) in [6, 6.07) is 11.0. The summed E-state index contributed by atoms with van der Waals surface area (Å²) < 4.78 is 43.8. The van der Waals surface area contributed by atoms with Crippen molar-refractivity contribution in [3.8, 4) is 11.5 Å². The Labute approximate surface area is 196 Å². The van der Waals surface area contributed by atoms with Crippen molar-refractivity contribution in [1.82, 2.24) is 9.21 Å². The van der Waals surface area contributed by atoms with E-state index in [1.54, 1.807) is 20.3 Å². The number of nitrogens with zero attached hydrogens (tertiary/aromatic N) is 2. The van der Waals surface area contributed by atoms with Crippen LogP contribution in [0.1, 0.15) is 16.7 Å². The molecule has 2 aromatic carbocycles. The SMILES string of the molecule is COc1ccc(COCC(O)CN2CCN(S(=O)(=O)c3ccc(C)cc3C)CC2)cc1OC. The molecule has 182 valence electrons. The molecule has 0 aliphatic carbocycles. The van der Waals surface area contributed by atoms with Gasteiger partial charge in [0, 0.05) is 32.7 Å². The molecule has 9 heteroatoms. The van der Waals surface area contributed by atoms with Crippen molar-refractivity contribution < 1.29 is 27.7 Å². The van der Waals surface area contributed by atoms with E-state index in [4.69, 9.17) is 14.2 Å². The molecule has 1 fully saturated rings. The Hall–Kier alpha value is -2.17. The van der Waals surface area contributed by atoms with Gasteiger partial charge in [0.1, 0.15) is 0 Å². The Morgan fingerprint density at radius 1 is 0.970 bits per heavy atom. The summed E-state index contributed by atoms with van der Waals surface area (Å²) in [7, 11) is -0.348.